The number of ether oxygens (including phenoxy) is 1. The summed E-state index contributed by atoms with van der Waals surface area (Å²) >= 11 is 3.20. The van der Waals surface area contributed by atoms with Crippen LogP contribution in [-0.2, 0) is 0 Å². The van der Waals surface area contributed by atoms with Crippen LogP contribution in [0.4, 0.5) is 0 Å². The lowest BCUT2D eigenvalue weighted by molar-refractivity contribution is 0.103. The summed E-state index contributed by atoms with van der Waals surface area (Å²) < 4.78 is 5.36. The second kappa shape index (κ2) is 6.86. The average Bonchev–Trinajstić information content (AvgIpc) is 2.53. The highest BCUT2D eigenvalue weighted by atomic mass is 32.2. The monoisotopic (exact) mass is 304 g/mol. The molecule has 0 aliphatic heterocycles. The van der Waals surface area contributed by atoms with Crippen molar-refractivity contribution in [1.29, 1.82) is 0 Å². The molecule has 4 heteroatoms. The van der Waals surface area contributed by atoms with E-state index in [4.69, 9.17) is 4.74 Å². The predicted molar refractivity (Wildman–Crippen MR) is 86.4 cm³/mol. The molecule has 2 nitrogen and oxygen atoms in total. The van der Waals surface area contributed by atoms with Crippen molar-refractivity contribution in [2.45, 2.75) is 9.79 Å². The van der Waals surface area contributed by atoms with Crippen LogP contribution in [0.15, 0.2) is 52.3 Å². The summed E-state index contributed by atoms with van der Waals surface area (Å²) in [6.45, 7) is 0. The third-order valence-electron chi connectivity index (χ3n) is 3.00. The lowest BCUT2D eigenvalue weighted by Crippen LogP contribution is -2.05. The molecule has 0 saturated heterocycles. The largest absolute Gasteiger partial charge is 0.496 e. The maximum atomic E-state index is 12.7. The second-order valence-corrected chi connectivity index (χ2v) is 5.82. The van der Waals surface area contributed by atoms with E-state index in [0.29, 0.717) is 11.3 Å². The maximum Gasteiger partial charge on any atom is 0.197 e. The van der Waals surface area contributed by atoms with Crippen LogP contribution in [0.25, 0.3) is 0 Å². The smallest absolute Gasteiger partial charge is 0.197 e. The molecule has 0 radical (unpaired) electrons. The van der Waals surface area contributed by atoms with Crippen molar-refractivity contribution in [2.75, 3.05) is 19.6 Å². The number of hydrogen-bond donors (Lipinski definition) is 0. The first kappa shape index (κ1) is 15.0. The second-order valence-electron chi connectivity index (χ2n) is 4.10. The standard InChI is InChI=1S/C16H16O2S2/c1-18-14-10-11(19-2)8-9-12(14)16(17)13-6-4-5-7-15(13)20-3/h4-10H,1-3H3. The van der Waals surface area contributed by atoms with Crippen molar-refractivity contribution >= 4 is 29.3 Å². The van der Waals surface area contributed by atoms with Crippen molar-refractivity contribution in [2.24, 2.45) is 0 Å². The van der Waals surface area contributed by atoms with Gasteiger partial charge in [-0.05, 0) is 42.8 Å². The Morgan fingerprint density at radius 2 is 1.75 bits per heavy atom. The van der Waals surface area contributed by atoms with Crippen LogP contribution in [0.2, 0.25) is 0 Å². The van der Waals surface area contributed by atoms with E-state index in [1.54, 1.807) is 30.6 Å². The SMILES string of the molecule is COc1cc(SC)ccc1C(=O)c1ccccc1SC. The molecule has 0 heterocycles. The van der Waals surface area contributed by atoms with Gasteiger partial charge in [0.1, 0.15) is 5.75 Å². The van der Waals surface area contributed by atoms with Gasteiger partial charge >= 0.3 is 0 Å². The minimum absolute atomic E-state index is 0.000506. The average molecular weight is 304 g/mol. The zero-order valence-corrected chi connectivity index (χ0v) is 13.3. The summed E-state index contributed by atoms with van der Waals surface area (Å²) in [5, 5.41) is 0. The van der Waals surface area contributed by atoms with Crippen molar-refractivity contribution < 1.29 is 9.53 Å². The van der Waals surface area contributed by atoms with Crippen LogP contribution in [-0.4, -0.2) is 25.4 Å². The molecule has 2 aromatic carbocycles. The van der Waals surface area contributed by atoms with Crippen LogP contribution in [0.5, 0.6) is 5.75 Å². The number of thioether (sulfide) groups is 2. The molecule has 0 spiro atoms. The van der Waals surface area contributed by atoms with Gasteiger partial charge in [0.25, 0.3) is 0 Å². The van der Waals surface area contributed by atoms with E-state index < -0.39 is 0 Å². The van der Waals surface area contributed by atoms with E-state index in [-0.39, 0.29) is 5.78 Å². The number of carbonyl (C=O) groups is 1. The number of hydrogen-bond acceptors (Lipinski definition) is 4. The Morgan fingerprint density at radius 3 is 2.40 bits per heavy atom. The van der Waals surface area contributed by atoms with E-state index in [9.17, 15) is 4.79 Å². The molecule has 104 valence electrons. The van der Waals surface area contributed by atoms with Crippen molar-refractivity contribution in [3.63, 3.8) is 0 Å². The minimum atomic E-state index is -0.000506. The molecule has 0 amide bonds. The Labute approximate surface area is 127 Å². The molecule has 2 aromatic rings. The van der Waals surface area contributed by atoms with Gasteiger partial charge in [0, 0.05) is 15.4 Å². The van der Waals surface area contributed by atoms with Crippen LogP contribution in [0, 0.1) is 0 Å². The van der Waals surface area contributed by atoms with E-state index >= 15 is 0 Å². The molecular formula is C16H16O2S2. The molecule has 0 unspecified atom stereocenters. The lowest BCUT2D eigenvalue weighted by Gasteiger charge is -2.11. The van der Waals surface area contributed by atoms with Crippen molar-refractivity contribution in [1.82, 2.24) is 0 Å². The maximum absolute atomic E-state index is 12.7. The lowest BCUT2D eigenvalue weighted by atomic mass is 10.0. The van der Waals surface area contributed by atoms with Crippen LogP contribution in [0.1, 0.15) is 15.9 Å². The molecule has 2 rings (SSSR count). The first-order valence-electron chi connectivity index (χ1n) is 6.11. The van der Waals surface area contributed by atoms with Gasteiger partial charge in [-0.15, -0.1) is 23.5 Å². The van der Waals surface area contributed by atoms with Crippen molar-refractivity contribution in [3.8, 4) is 5.75 Å². The normalized spacial score (nSPS) is 10.3. The number of ketones is 1. The van der Waals surface area contributed by atoms with E-state index in [0.717, 1.165) is 15.4 Å². The molecule has 0 aromatic heterocycles. The third kappa shape index (κ3) is 3.02. The highest BCUT2D eigenvalue weighted by Crippen LogP contribution is 2.29. The van der Waals surface area contributed by atoms with E-state index in [2.05, 4.69) is 0 Å². The number of methoxy groups -OCH3 is 1. The molecule has 0 atom stereocenters. The topological polar surface area (TPSA) is 26.3 Å². The van der Waals surface area contributed by atoms with E-state index in [1.165, 1.54) is 0 Å². The summed E-state index contributed by atoms with van der Waals surface area (Å²) in [5.41, 5.74) is 1.32. The fourth-order valence-corrected chi connectivity index (χ4v) is 2.99. The van der Waals surface area contributed by atoms with Crippen LogP contribution in [0.3, 0.4) is 0 Å². The first-order chi connectivity index (χ1) is 9.71. The third-order valence-corrected chi connectivity index (χ3v) is 4.53. The number of rotatable bonds is 5. The summed E-state index contributed by atoms with van der Waals surface area (Å²) in [6, 6.07) is 13.3. The van der Waals surface area contributed by atoms with Gasteiger partial charge in [-0.1, -0.05) is 12.1 Å². The first-order valence-corrected chi connectivity index (χ1v) is 8.56. The number of benzene rings is 2. The van der Waals surface area contributed by atoms with Gasteiger partial charge in [-0.2, -0.15) is 0 Å². The molecule has 0 aliphatic carbocycles. The summed E-state index contributed by atoms with van der Waals surface area (Å²) in [7, 11) is 1.59. The Bertz CT molecular complexity index is 624. The zero-order valence-electron chi connectivity index (χ0n) is 11.7. The molecule has 0 N–H and O–H groups in total. The van der Waals surface area contributed by atoms with Gasteiger partial charge in [-0.25, -0.2) is 0 Å². The van der Waals surface area contributed by atoms with Crippen LogP contribution >= 0.6 is 23.5 Å². The minimum Gasteiger partial charge on any atom is -0.496 e. The molecule has 0 aliphatic rings. The zero-order chi connectivity index (χ0) is 14.5. The van der Waals surface area contributed by atoms with Gasteiger partial charge in [0.15, 0.2) is 5.78 Å². The molecule has 20 heavy (non-hydrogen) atoms. The molecule has 0 fully saturated rings. The Balaban J connectivity index is 2.48. The van der Waals surface area contributed by atoms with E-state index in [1.807, 2.05) is 55.0 Å². The van der Waals surface area contributed by atoms with Crippen molar-refractivity contribution in [3.05, 3.63) is 53.6 Å². The van der Waals surface area contributed by atoms with Gasteiger partial charge in [0.2, 0.25) is 0 Å². The summed E-state index contributed by atoms with van der Waals surface area (Å²) in [6.07, 6.45) is 3.97. The quantitative estimate of drug-likeness (QED) is 0.605. The van der Waals surface area contributed by atoms with Crippen LogP contribution < -0.4 is 4.74 Å². The van der Waals surface area contributed by atoms with Gasteiger partial charge < -0.3 is 4.74 Å². The molecule has 0 saturated carbocycles. The summed E-state index contributed by atoms with van der Waals surface area (Å²) in [5.74, 6) is 0.622. The molecular weight excluding hydrogens is 288 g/mol. The predicted octanol–water partition coefficient (Wildman–Crippen LogP) is 4.37. The fraction of sp³-hybridized carbons (Fsp3) is 0.188. The Morgan fingerprint density at radius 1 is 1.00 bits per heavy atom. The summed E-state index contributed by atoms with van der Waals surface area (Å²) in [4.78, 5) is 14.8. The fourth-order valence-electron chi connectivity index (χ4n) is 1.96. The number of carbonyl (C=O) groups excluding carboxylic acids is 1. The highest BCUT2D eigenvalue weighted by Gasteiger charge is 2.17. The molecule has 0 bridgehead atoms. The highest BCUT2D eigenvalue weighted by molar-refractivity contribution is 7.98. The van der Waals surface area contributed by atoms with Gasteiger partial charge in [0.05, 0.1) is 12.7 Å². The van der Waals surface area contributed by atoms with Gasteiger partial charge in [-0.3, -0.25) is 4.79 Å². The Hall–Kier alpha value is -1.39. The Kier molecular flexibility index (Phi) is 5.15.